The number of methoxy groups -OCH3 is 1. The SMILES string of the molecule is COc1ccc(Nc2nc(SC)ncc2C(=O)n2nnc3ccccc32)cc1. The molecule has 0 bridgehead atoms. The van der Waals surface area contributed by atoms with Gasteiger partial charge in [-0.15, -0.1) is 5.10 Å². The zero-order chi connectivity index (χ0) is 19.5. The molecule has 0 unspecified atom stereocenters. The van der Waals surface area contributed by atoms with Crippen LogP contribution in [0.5, 0.6) is 5.75 Å². The van der Waals surface area contributed by atoms with Crippen LogP contribution in [0, 0.1) is 0 Å². The lowest BCUT2D eigenvalue weighted by Gasteiger charge is -2.11. The second kappa shape index (κ2) is 7.65. The monoisotopic (exact) mass is 392 g/mol. The summed E-state index contributed by atoms with van der Waals surface area (Å²) in [6, 6.07) is 14.6. The Morgan fingerprint density at radius 1 is 1.14 bits per heavy atom. The highest BCUT2D eigenvalue weighted by atomic mass is 32.2. The third-order valence-electron chi connectivity index (χ3n) is 4.08. The quantitative estimate of drug-likeness (QED) is 0.408. The minimum absolute atomic E-state index is 0.296. The van der Waals surface area contributed by atoms with Crippen molar-refractivity contribution in [2.75, 3.05) is 18.7 Å². The van der Waals surface area contributed by atoms with Gasteiger partial charge >= 0.3 is 0 Å². The number of fused-ring (bicyclic) bond motifs is 1. The molecule has 1 N–H and O–H groups in total. The highest BCUT2D eigenvalue weighted by molar-refractivity contribution is 7.98. The number of carbonyl (C=O) groups is 1. The summed E-state index contributed by atoms with van der Waals surface area (Å²) in [5, 5.41) is 11.8. The summed E-state index contributed by atoms with van der Waals surface area (Å²) < 4.78 is 6.43. The number of hydrogen-bond donors (Lipinski definition) is 1. The van der Waals surface area contributed by atoms with Gasteiger partial charge in [0.2, 0.25) is 0 Å². The molecular weight excluding hydrogens is 376 g/mol. The molecule has 0 aliphatic rings. The van der Waals surface area contributed by atoms with Crippen molar-refractivity contribution in [3.05, 3.63) is 60.3 Å². The predicted octanol–water partition coefficient (Wildman–Crippen LogP) is 3.38. The summed E-state index contributed by atoms with van der Waals surface area (Å²) in [7, 11) is 1.61. The number of nitrogens with zero attached hydrogens (tertiary/aromatic N) is 5. The van der Waals surface area contributed by atoms with E-state index < -0.39 is 0 Å². The lowest BCUT2D eigenvalue weighted by atomic mass is 10.2. The van der Waals surface area contributed by atoms with E-state index in [0.717, 1.165) is 11.4 Å². The Hall–Kier alpha value is -3.46. The van der Waals surface area contributed by atoms with Crippen molar-refractivity contribution >= 4 is 40.2 Å². The molecule has 2 heterocycles. The number of carbonyl (C=O) groups excluding carboxylic acids is 1. The zero-order valence-corrected chi connectivity index (χ0v) is 16.0. The Kier molecular flexibility index (Phi) is 4.90. The predicted molar refractivity (Wildman–Crippen MR) is 107 cm³/mol. The topological polar surface area (TPSA) is 94.8 Å². The molecule has 0 saturated heterocycles. The van der Waals surface area contributed by atoms with Crippen LogP contribution in [0.4, 0.5) is 11.5 Å². The Morgan fingerprint density at radius 3 is 2.68 bits per heavy atom. The van der Waals surface area contributed by atoms with E-state index in [1.807, 2.05) is 42.7 Å². The highest BCUT2D eigenvalue weighted by Crippen LogP contribution is 2.24. The molecule has 0 amide bonds. The Balaban J connectivity index is 1.74. The van der Waals surface area contributed by atoms with Crippen LogP contribution in [0.25, 0.3) is 11.0 Å². The van der Waals surface area contributed by atoms with Crippen molar-refractivity contribution in [2.24, 2.45) is 0 Å². The van der Waals surface area contributed by atoms with Gasteiger partial charge in [0.1, 0.15) is 22.6 Å². The molecule has 9 heteroatoms. The fourth-order valence-corrected chi connectivity index (χ4v) is 3.00. The zero-order valence-electron chi connectivity index (χ0n) is 15.2. The summed E-state index contributed by atoms with van der Waals surface area (Å²) in [4.78, 5) is 21.9. The van der Waals surface area contributed by atoms with Crippen molar-refractivity contribution in [3.63, 3.8) is 0 Å². The van der Waals surface area contributed by atoms with Gasteiger partial charge in [-0.05, 0) is 42.7 Å². The van der Waals surface area contributed by atoms with E-state index in [-0.39, 0.29) is 5.91 Å². The standard InChI is InChI=1S/C19H16N6O2S/c1-27-13-9-7-12(8-10-13)21-17-14(11-20-19(22-17)28-2)18(26)25-16-6-4-3-5-15(16)23-24-25/h3-11H,1-2H3,(H,20,21,22). The molecule has 2 aromatic heterocycles. The number of thioether (sulfide) groups is 1. The average Bonchev–Trinajstić information content (AvgIpc) is 3.18. The van der Waals surface area contributed by atoms with Gasteiger partial charge in [0.15, 0.2) is 5.16 Å². The van der Waals surface area contributed by atoms with Crippen LogP contribution in [-0.4, -0.2) is 44.2 Å². The fraction of sp³-hybridized carbons (Fsp3) is 0.105. The summed E-state index contributed by atoms with van der Waals surface area (Å²) >= 11 is 1.39. The minimum atomic E-state index is -0.364. The molecule has 2 aromatic carbocycles. The van der Waals surface area contributed by atoms with E-state index in [1.54, 1.807) is 19.2 Å². The van der Waals surface area contributed by atoms with Gasteiger partial charge in [0.05, 0.1) is 12.6 Å². The van der Waals surface area contributed by atoms with Gasteiger partial charge in [-0.3, -0.25) is 4.79 Å². The van der Waals surface area contributed by atoms with Crippen molar-refractivity contribution < 1.29 is 9.53 Å². The number of nitrogens with one attached hydrogen (secondary N) is 1. The van der Waals surface area contributed by atoms with Crippen molar-refractivity contribution in [2.45, 2.75) is 5.16 Å². The van der Waals surface area contributed by atoms with Crippen LogP contribution in [0.3, 0.4) is 0 Å². The van der Waals surface area contributed by atoms with Crippen molar-refractivity contribution in [1.82, 2.24) is 25.0 Å². The van der Waals surface area contributed by atoms with Gasteiger partial charge in [0.25, 0.3) is 5.91 Å². The van der Waals surface area contributed by atoms with Crippen molar-refractivity contribution in [3.8, 4) is 5.75 Å². The Bertz CT molecular complexity index is 1140. The summed E-state index contributed by atoms with van der Waals surface area (Å²) in [5.74, 6) is 0.773. The van der Waals surface area contributed by atoms with Crippen LogP contribution in [-0.2, 0) is 0 Å². The van der Waals surface area contributed by atoms with E-state index in [4.69, 9.17) is 4.74 Å². The smallest absolute Gasteiger partial charge is 0.285 e. The first-order chi connectivity index (χ1) is 13.7. The molecule has 140 valence electrons. The maximum atomic E-state index is 13.1. The number of anilines is 2. The second-order valence-electron chi connectivity index (χ2n) is 5.77. The molecule has 0 atom stereocenters. The molecule has 0 radical (unpaired) electrons. The van der Waals surface area contributed by atoms with E-state index >= 15 is 0 Å². The fourth-order valence-electron chi connectivity index (χ4n) is 2.66. The van der Waals surface area contributed by atoms with Crippen LogP contribution in [0.1, 0.15) is 10.4 Å². The molecule has 0 spiro atoms. The van der Waals surface area contributed by atoms with Gasteiger partial charge in [0, 0.05) is 11.9 Å². The molecule has 28 heavy (non-hydrogen) atoms. The maximum absolute atomic E-state index is 13.1. The number of hydrogen-bond acceptors (Lipinski definition) is 8. The van der Waals surface area contributed by atoms with Crippen molar-refractivity contribution in [1.29, 1.82) is 0 Å². The molecule has 4 aromatic rings. The molecule has 0 fully saturated rings. The number of ether oxygens (including phenoxy) is 1. The Labute approximate surface area is 165 Å². The van der Waals surface area contributed by atoms with E-state index in [1.165, 1.54) is 22.6 Å². The molecule has 8 nitrogen and oxygen atoms in total. The third-order valence-corrected chi connectivity index (χ3v) is 4.64. The normalized spacial score (nSPS) is 10.8. The molecule has 4 rings (SSSR count). The average molecular weight is 392 g/mol. The first kappa shape index (κ1) is 17.9. The van der Waals surface area contributed by atoms with Gasteiger partial charge < -0.3 is 10.1 Å². The van der Waals surface area contributed by atoms with E-state index in [9.17, 15) is 4.79 Å². The van der Waals surface area contributed by atoms with Crippen LogP contribution >= 0.6 is 11.8 Å². The first-order valence-corrected chi connectivity index (χ1v) is 9.59. The minimum Gasteiger partial charge on any atom is -0.497 e. The van der Waals surface area contributed by atoms with Crippen LogP contribution < -0.4 is 10.1 Å². The first-order valence-electron chi connectivity index (χ1n) is 8.37. The summed E-state index contributed by atoms with van der Waals surface area (Å²) in [6.45, 7) is 0. The molecule has 0 aliphatic heterocycles. The van der Waals surface area contributed by atoms with Gasteiger partial charge in [-0.1, -0.05) is 29.1 Å². The van der Waals surface area contributed by atoms with Crippen LogP contribution in [0.2, 0.25) is 0 Å². The maximum Gasteiger partial charge on any atom is 0.285 e. The highest BCUT2D eigenvalue weighted by Gasteiger charge is 2.20. The number of aromatic nitrogens is 5. The number of para-hydroxylation sites is 1. The molecule has 0 saturated carbocycles. The second-order valence-corrected chi connectivity index (χ2v) is 6.54. The van der Waals surface area contributed by atoms with Gasteiger partial charge in [-0.2, -0.15) is 4.68 Å². The van der Waals surface area contributed by atoms with Gasteiger partial charge in [-0.25, -0.2) is 9.97 Å². The largest absolute Gasteiger partial charge is 0.497 e. The molecular formula is C19H16N6O2S. The lowest BCUT2D eigenvalue weighted by Crippen LogP contribution is -2.17. The summed E-state index contributed by atoms with van der Waals surface area (Å²) in [5.41, 5.74) is 2.33. The number of rotatable bonds is 5. The lowest BCUT2D eigenvalue weighted by molar-refractivity contribution is 0.0948. The molecule has 0 aliphatic carbocycles. The third kappa shape index (κ3) is 3.39. The summed E-state index contributed by atoms with van der Waals surface area (Å²) in [6.07, 6.45) is 3.38. The van der Waals surface area contributed by atoms with E-state index in [0.29, 0.717) is 27.6 Å². The van der Waals surface area contributed by atoms with Crippen LogP contribution in [0.15, 0.2) is 59.9 Å². The van der Waals surface area contributed by atoms with E-state index in [2.05, 4.69) is 25.6 Å². The number of benzene rings is 2. The Morgan fingerprint density at radius 2 is 1.93 bits per heavy atom.